The van der Waals surface area contributed by atoms with E-state index in [0.29, 0.717) is 18.1 Å². The van der Waals surface area contributed by atoms with Crippen LogP contribution in [0.5, 0.6) is 0 Å². The third-order valence-corrected chi connectivity index (χ3v) is 4.05. The molecule has 1 atom stereocenters. The van der Waals surface area contributed by atoms with Crippen LogP contribution in [0.15, 0.2) is 18.2 Å². The molecule has 4 heteroatoms. The number of aliphatic hydroxyl groups is 1. The highest BCUT2D eigenvalue weighted by atomic mass is 35.5. The van der Waals surface area contributed by atoms with Gasteiger partial charge in [0.15, 0.2) is 0 Å². The molecule has 0 saturated carbocycles. The van der Waals surface area contributed by atoms with Crippen molar-refractivity contribution >= 4 is 23.4 Å². The van der Waals surface area contributed by atoms with Crippen molar-refractivity contribution < 1.29 is 9.50 Å². The van der Waals surface area contributed by atoms with Crippen LogP contribution in [0.2, 0.25) is 5.02 Å². The van der Waals surface area contributed by atoms with E-state index < -0.39 is 11.9 Å². The highest BCUT2D eigenvalue weighted by Crippen LogP contribution is 2.18. The van der Waals surface area contributed by atoms with Gasteiger partial charge in [-0.25, -0.2) is 4.39 Å². The molecule has 1 unspecified atom stereocenters. The highest BCUT2D eigenvalue weighted by Gasteiger charge is 2.08. The van der Waals surface area contributed by atoms with E-state index in [-0.39, 0.29) is 5.02 Å². The third kappa shape index (κ3) is 5.75. The minimum atomic E-state index is -0.431. The van der Waals surface area contributed by atoms with Gasteiger partial charge in [-0.15, -0.1) is 0 Å². The molecule has 0 aromatic heterocycles. The highest BCUT2D eigenvalue weighted by molar-refractivity contribution is 7.99. The standard InChI is InChI=1S/C13H18ClFOS/c1-9(2)7-17-8-11(16)5-10-3-4-12(14)13(15)6-10/h3-4,6,9,11,16H,5,7-8H2,1-2H3. The minimum absolute atomic E-state index is 0.123. The number of rotatable bonds is 6. The lowest BCUT2D eigenvalue weighted by molar-refractivity contribution is 0.200. The van der Waals surface area contributed by atoms with Gasteiger partial charge in [0.1, 0.15) is 5.82 Å². The summed E-state index contributed by atoms with van der Waals surface area (Å²) in [6, 6.07) is 4.67. The molecular formula is C13H18ClFOS. The maximum Gasteiger partial charge on any atom is 0.142 e. The number of hydrogen-bond donors (Lipinski definition) is 1. The van der Waals surface area contributed by atoms with E-state index in [1.54, 1.807) is 17.8 Å². The predicted octanol–water partition coefficient (Wildman–Crippen LogP) is 3.77. The van der Waals surface area contributed by atoms with Gasteiger partial charge >= 0.3 is 0 Å². The van der Waals surface area contributed by atoms with Crippen LogP contribution in [0.3, 0.4) is 0 Å². The summed E-state index contributed by atoms with van der Waals surface area (Å²) in [6.07, 6.45) is 0.0402. The Morgan fingerprint density at radius 1 is 1.35 bits per heavy atom. The fourth-order valence-electron chi connectivity index (χ4n) is 1.44. The monoisotopic (exact) mass is 276 g/mol. The second kappa shape index (κ2) is 7.24. The van der Waals surface area contributed by atoms with Crippen molar-refractivity contribution in [2.24, 2.45) is 5.92 Å². The predicted molar refractivity (Wildman–Crippen MR) is 73.3 cm³/mol. The Hall–Kier alpha value is -0.250. The molecule has 0 aliphatic rings. The molecule has 0 saturated heterocycles. The molecule has 0 aliphatic carbocycles. The van der Waals surface area contributed by atoms with E-state index in [4.69, 9.17) is 11.6 Å². The zero-order chi connectivity index (χ0) is 12.8. The molecule has 0 spiro atoms. The summed E-state index contributed by atoms with van der Waals surface area (Å²) in [4.78, 5) is 0. The van der Waals surface area contributed by atoms with Crippen molar-refractivity contribution in [2.75, 3.05) is 11.5 Å². The molecule has 1 N–H and O–H groups in total. The Balaban J connectivity index is 2.39. The lowest BCUT2D eigenvalue weighted by atomic mass is 10.1. The van der Waals surface area contributed by atoms with Gasteiger partial charge in [0.05, 0.1) is 11.1 Å². The summed E-state index contributed by atoms with van der Waals surface area (Å²) < 4.78 is 13.2. The zero-order valence-corrected chi connectivity index (χ0v) is 11.7. The van der Waals surface area contributed by atoms with Crippen molar-refractivity contribution in [3.63, 3.8) is 0 Å². The normalized spacial score (nSPS) is 13.1. The average Bonchev–Trinajstić information content (AvgIpc) is 2.23. The number of halogens is 2. The maximum absolute atomic E-state index is 13.2. The van der Waals surface area contributed by atoms with E-state index in [9.17, 15) is 9.50 Å². The van der Waals surface area contributed by atoms with Crippen LogP contribution in [-0.2, 0) is 6.42 Å². The van der Waals surface area contributed by atoms with Gasteiger partial charge in [-0.3, -0.25) is 0 Å². The SMILES string of the molecule is CC(C)CSCC(O)Cc1ccc(Cl)c(F)c1. The first-order chi connectivity index (χ1) is 7.99. The number of hydrogen-bond acceptors (Lipinski definition) is 2. The van der Waals surface area contributed by atoms with Crippen molar-refractivity contribution in [1.82, 2.24) is 0 Å². The van der Waals surface area contributed by atoms with Crippen LogP contribution in [0.1, 0.15) is 19.4 Å². The van der Waals surface area contributed by atoms with E-state index >= 15 is 0 Å². The van der Waals surface area contributed by atoms with Gasteiger partial charge in [-0.2, -0.15) is 11.8 Å². The third-order valence-electron chi connectivity index (χ3n) is 2.22. The van der Waals surface area contributed by atoms with E-state index in [1.165, 1.54) is 12.1 Å². The molecule has 0 heterocycles. The second-order valence-electron chi connectivity index (χ2n) is 4.54. The molecular weight excluding hydrogens is 259 g/mol. The number of benzene rings is 1. The Morgan fingerprint density at radius 2 is 2.06 bits per heavy atom. The second-order valence-corrected chi connectivity index (χ2v) is 6.02. The Bertz CT molecular complexity index is 357. The average molecular weight is 277 g/mol. The van der Waals surface area contributed by atoms with Crippen LogP contribution in [-0.4, -0.2) is 22.7 Å². The lowest BCUT2D eigenvalue weighted by Gasteiger charge is -2.11. The van der Waals surface area contributed by atoms with E-state index in [2.05, 4.69) is 13.8 Å². The smallest absolute Gasteiger partial charge is 0.142 e. The minimum Gasteiger partial charge on any atom is -0.392 e. The summed E-state index contributed by atoms with van der Waals surface area (Å²) in [5.41, 5.74) is 0.782. The summed E-state index contributed by atoms with van der Waals surface area (Å²) in [5.74, 6) is 1.92. The summed E-state index contributed by atoms with van der Waals surface area (Å²) >= 11 is 7.32. The fourth-order valence-corrected chi connectivity index (χ4v) is 2.55. The Labute approximate surface area is 111 Å². The first-order valence-electron chi connectivity index (χ1n) is 5.68. The molecule has 0 aliphatic heterocycles. The lowest BCUT2D eigenvalue weighted by Crippen LogP contribution is -2.14. The summed E-state index contributed by atoms with van der Waals surface area (Å²) in [7, 11) is 0. The first kappa shape index (κ1) is 14.8. The van der Waals surface area contributed by atoms with Gasteiger partial charge in [0.25, 0.3) is 0 Å². The van der Waals surface area contributed by atoms with Gasteiger partial charge < -0.3 is 5.11 Å². The van der Waals surface area contributed by atoms with Crippen LogP contribution in [0.25, 0.3) is 0 Å². The quantitative estimate of drug-likeness (QED) is 0.853. The van der Waals surface area contributed by atoms with Crippen LogP contribution in [0.4, 0.5) is 4.39 Å². The van der Waals surface area contributed by atoms with Gasteiger partial charge in [0.2, 0.25) is 0 Å². The molecule has 1 nitrogen and oxygen atoms in total. The molecule has 0 radical (unpaired) electrons. The fraction of sp³-hybridized carbons (Fsp3) is 0.538. The van der Waals surface area contributed by atoms with Crippen molar-refractivity contribution in [2.45, 2.75) is 26.4 Å². The molecule has 0 bridgehead atoms. The first-order valence-corrected chi connectivity index (χ1v) is 7.22. The van der Waals surface area contributed by atoms with Crippen molar-refractivity contribution in [1.29, 1.82) is 0 Å². The molecule has 1 rings (SSSR count). The summed E-state index contributed by atoms with van der Waals surface area (Å²) in [6.45, 7) is 4.29. The van der Waals surface area contributed by atoms with E-state index in [0.717, 1.165) is 11.3 Å². The molecule has 0 fully saturated rings. The molecule has 1 aromatic rings. The Kier molecular flexibility index (Phi) is 6.31. The zero-order valence-electron chi connectivity index (χ0n) is 10.1. The maximum atomic E-state index is 13.2. The van der Waals surface area contributed by atoms with Crippen LogP contribution < -0.4 is 0 Å². The molecule has 0 amide bonds. The topological polar surface area (TPSA) is 20.2 Å². The summed E-state index contributed by atoms with van der Waals surface area (Å²) in [5, 5.41) is 9.92. The van der Waals surface area contributed by atoms with Gasteiger partial charge in [-0.05, 0) is 35.8 Å². The van der Waals surface area contributed by atoms with Crippen LogP contribution in [0, 0.1) is 11.7 Å². The van der Waals surface area contributed by atoms with Crippen molar-refractivity contribution in [3.05, 3.63) is 34.6 Å². The number of aliphatic hydroxyl groups excluding tert-OH is 1. The molecule has 17 heavy (non-hydrogen) atoms. The molecule has 1 aromatic carbocycles. The van der Waals surface area contributed by atoms with Gasteiger partial charge in [-0.1, -0.05) is 31.5 Å². The molecule has 96 valence electrons. The number of thioether (sulfide) groups is 1. The van der Waals surface area contributed by atoms with Crippen LogP contribution >= 0.6 is 23.4 Å². The largest absolute Gasteiger partial charge is 0.392 e. The van der Waals surface area contributed by atoms with Crippen molar-refractivity contribution in [3.8, 4) is 0 Å². The van der Waals surface area contributed by atoms with E-state index in [1.807, 2.05) is 0 Å². The Morgan fingerprint density at radius 3 is 2.65 bits per heavy atom. The van der Waals surface area contributed by atoms with Gasteiger partial charge in [0, 0.05) is 5.75 Å².